The first-order chi connectivity index (χ1) is 14.9. The molecule has 8 nitrogen and oxygen atoms in total. The number of nitrogens with zero attached hydrogens (tertiary/aromatic N) is 1. The zero-order chi connectivity index (χ0) is 24.1. The number of nitro groups is 1. The summed E-state index contributed by atoms with van der Waals surface area (Å²) in [6, 6.07) is 7.59. The summed E-state index contributed by atoms with van der Waals surface area (Å²) in [6.45, 7) is 1.94. The second-order valence-corrected chi connectivity index (χ2v) is 7.44. The Morgan fingerprint density at radius 2 is 1.78 bits per heavy atom. The molecule has 2 rings (SSSR count). The number of halogens is 4. The van der Waals surface area contributed by atoms with Gasteiger partial charge in [0.05, 0.1) is 15.5 Å². The molecular weight excluding hydrogens is 455 g/mol. The van der Waals surface area contributed by atoms with E-state index in [0.29, 0.717) is 0 Å². The van der Waals surface area contributed by atoms with Crippen LogP contribution in [0.3, 0.4) is 0 Å². The van der Waals surface area contributed by atoms with Gasteiger partial charge in [-0.3, -0.25) is 19.7 Å². The summed E-state index contributed by atoms with van der Waals surface area (Å²) >= 11 is 5.96. The number of nitrogens with one attached hydrogen (secondary N) is 2. The molecule has 1 atom stereocenters. The van der Waals surface area contributed by atoms with Crippen molar-refractivity contribution in [3.63, 3.8) is 0 Å². The molecule has 2 N–H and O–H groups in total. The second kappa shape index (κ2) is 10.3. The van der Waals surface area contributed by atoms with Gasteiger partial charge in [-0.25, -0.2) is 0 Å². The van der Waals surface area contributed by atoms with E-state index in [1.807, 2.05) is 0 Å². The van der Waals surface area contributed by atoms with Crippen LogP contribution in [0.25, 0.3) is 0 Å². The summed E-state index contributed by atoms with van der Waals surface area (Å²) in [6.07, 6.45) is -4.47. The van der Waals surface area contributed by atoms with Gasteiger partial charge in [-0.1, -0.05) is 25.4 Å². The number of ether oxygens (including phenoxy) is 1. The number of rotatable bonds is 8. The molecule has 0 saturated carbocycles. The number of anilines is 1. The van der Waals surface area contributed by atoms with Crippen LogP contribution in [0, 0.1) is 16.0 Å². The number of carbonyl (C=O) groups excluding carboxylic acids is 2. The molecule has 12 heteroatoms. The van der Waals surface area contributed by atoms with Gasteiger partial charge in [0.1, 0.15) is 11.8 Å². The maximum absolute atomic E-state index is 12.7. The van der Waals surface area contributed by atoms with Crippen LogP contribution in [0.5, 0.6) is 5.75 Å². The van der Waals surface area contributed by atoms with Gasteiger partial charge in [-0.05, 0) is 36.2 Å². The molecule has 0 aliphatic carbocycles. The lowest BCUT2D eigenvalue weighted by Crippen LogP contribution is -2.47. The van der Waals surface area contributed by atoms with Crippen LogP contribution in [-0.2, 0) is 4.79 Å². The van der Waals surface area contributed by atoms with Crippen LogP contribution in [0.1, 0.15) is 24.2 Å². The number of amides is 2. The number of hydrogen-bond acceptors (Lipinski definition) is 5. The predicted molar refractivity (Wildman–Crippen MR) is 111 cm³/mol. The molecule has 0 aliphatic heterocycles. The Hall–Kier alpha value is -3.34. The minimum atomic E-state index is -4.47. The lowest BCUT2D eigenvalue weighted by atomic mass is 10.0. The topological polar surface area (TPSA) is 111 Å². The third kappa shape index (κ3) is 7.12. The fourth-order valence-corrected chi connectivity index (χ4v) is 2.84. The summed E-state index contributed by atoms with van der Waals surface area (Å²) in [4.78, 5) is 35.4. The second-order valence-electron chi connectivity index (χ2n) is 7.03. The largest absolute Gasteiger partial charge is 0.484 e. The Morgan fingerprint density at radius 3 is 2.28 bits per heavy atom. The average Bonchev–Trinajstić information content (AvgIpc) is 2.70. The molecule has 2 aromatic carbocycles. The molecule has 0 heterocycles. The number of hydrogen-bond donors (Lipinski definition) is 2. The first-order valence-electron chi connectivity index (χ1n) is 9.22. The van der Waals surface area contributed by atoms with Crippen molar-refractivity contribution >= 4 is 34.8 Å². The zero-order valence-electron chi connectivity index (χ0n) is 16.9. The molecule has 2 amide bonds. The van der Waals surface area contributed by atoms with E-state index in [9.17, 15) is 32.9 Å². The van der Waals surface area contributed by atoms with E-state index in [2.05, 4.69) is 15.4 Å². The molecule has 0 saturated heterocycles. The van der Waals surface area contributed by atoms with Crippen molar-refractivity contribution in [1.29, 1.82) is 0 Å². The van der Waals surface area contributed by atoms with Crippen LogP contribution in [0.15, 0.2) is 42.5 Å². The first kappa shape index (κ1) is 24.9. The van der Waals surface area contributed by atoms with Crippen LogP contribution >= 0.6 is 11.6 Å². The van der Waals surface area contributed by atoms with Gasteiger partial charge in [0.2, 0.25) is 5.91 Å². The van der Waals surface area contributed by atoms with Crippen molar-refractivity contribution < 1.29 is 32.4 Å². The van der Waals surface area contributed by atoms with Crippen LogP contribution in [0.2, 0.25) is 5.02 Å². The average molecular weight is 474 g/mol. The molecule has 32 heavy (non-hydrogen) atoms. The molecule has 0 aromatic heterocycles. The lowest BCUT2D eigenvalue weighted by molar-refractivity contribution is -0.384. The highest BCUT2D eigenvalue weighted by Crippen LogP contribution is 2.23. The number of nitro benzene ring substituents is 1. The van der Waals surface area contributed by atoms with E-state index in [-0.39, 0.29) is 33.6 Å². The summed E-state index contributed by atoms with van der Waals surface area (Å²) in [7, 11) is 0. The minimum Gasteiger partial charge on any atom is -0.484 e. The predicted octanol–water partition coefficient (Wildman–Crippen LogP) is 4.58. The highest BCUT2D eigenvalue weighted by molar-refractivity contribution is 6.34. The zero-order valence-corrected chi connectivity index (χ0v) is 17.7. The number of alkyl halides is 3. The Kier molecular flexibility index (Phi) is 8.03. The van der Waals surface area contributed by atoms with Crippen molar-refractivity contribution in [2.75, 3.05) is 11.9 Å². The molecular formula is C20H19ClF3N3O5. The highest BCUT2D eigenvalue weighted by atomic mass is 35.5. The van der Waals surface area contributed by atoms with Crippen molar-refractivity contribution in [2.45, 2.75) is 26.1 Å². The molecule has 2 aromatic rings. The Balaban J connectivity index is 2.06. The number of non-ortho nitro benzene ring substituents is 1. The van der Waals surface area contributed by atoms with Gasteiger partial charge in [-0.15, -0.1) is 0 Å². The van der Waals surface area contributed by atoms with Crippen LogP contribution < -0.4 is 15.4 Å². The summed E-state index contributed by atoms with van der Waals surface area (Å²) in [5.41, 5.74) is -0.0446. The third-order valence-electron chi connectivity index (χ3n) is 4.17. The lowest BCUT2D eigenvalue weighted by Gasteiger charge is -2.22. The number of carbonyl (C=O) groups is 2. The van der Waals surface area contributed by atoms with Crippen molar-refractivity contribution in [2.24, 2.45) is 5.92 Å². The Labute approximate surface area is 185 Å². The third-order valence-corrected chi connectivity index (χ3v) is 4.48. The van der Waals surface area contributed by atoms with E-state index < -0.39 is 35.6 Å². The van der Waals surface area contributed by atoms with Gasteiger partial charge in [0, 0.05) is 17.8 Å². The van der Waals surface area contributed by atoms with Gasteiger partial charge in [-0.2, -0.15) is 13.2 Å². The van der Waals surface area contributed by atoms with Gasteiger partial charge < -0.3 is 15.4 Å². The molecule has 0 bridgehead atoms. The maximum Gasteiger partial charge on any atom is 0.422 e. The summed E-state index contributed by atoms with van der Waals surface area (Å²) in [5.74, 6) is -1.64. The summed E-state index contributed by atoms with van der Waals surface area (Å²) < 4.78 is 41.2. The van der Waals surface area contributed by atoms with Gasteiger partial charge in [0.15, 0.2) is 6.61 Å². The fourth-order valence-electron chi connectivity index (χ4n) is 2.58. The SMILES string of the molecule is CC(C)C(NC(=O)c1ccc([N+](=O)[O-])cc1Cl)C(=O)Nc1ccc(OCC(F)(F)F)cc1. The van der Waals surface area contributed by atoms with Gasteiger partial charge in [0.25, 0.3) is 11.6 Å². The Bertz CT molecular complexity index is 997. The monoisotopic (exact) mass is 473 g/mol. The van der Waals surface area contributed by atoms with E-state index in [1.165, 1.54) is 30.3 Å². The van der Waals surface area contributed by atoms with E-state index in [0.717, 1.165) is 12.1 Å². The van der Waals surface area contributed by atoms with Crippen LogP contribution in [0.4, 0.5) is 24.5 Å². The first-order valence-corrected chi connectivity index (χ1v) is 9.60. The van der Waals surface area contributed by atoms with E-state index in [4.69, 9.17) is 11.6 Å². The molecule has 0 spiro atoms. The normalized spacial score (nSPS) is 12.2. The molecule has 0 radical (unpaired) electrons. The van der Waals surface area contributed by atoms with Gasteiger partial charge >= 0.3 is 6.18 Å². The number of benzene rings is 2. The molecule has 1 unspecified atom stereocenters. The fraction of sp³-hybridized carbons (Fsp3) is 0.300. The minimum absolute atomic E-state index is 0.0261. The maximum atomic E-state index is 12.7. The summed E-state index contributed by atoms with van der Waals surface area (Å²) in [5, 5.41) is 15.8. The van der Waals surface area contributed by atoms with Crippen LogP contribution in [-0.4, -0.2) is 35.6 Å². The Morgan fingerprint density at radius 1 is 1.16 bits per heavy atom. The molecule has 0 aliphatic rings. The van der Waals surface area contributed by atoms with Crippen molar-refractivity contribution in [3.8, 4) is 5.75 Å². The standard InChI is InChI=1S/C20H19ClF3N3O5/c1-11(2)17(26-18(28)15-8-5-13(27(30)31)9-16(15)21)19(29)25-12-3-6-14(7-4-12)32-10-20(22,23)24/h3-9,11,17H,10H2,1-2H3,(H,25,29)(H,26,28). The molecule has 0 fully saturated rings. The quantitative estimate of drug-likeness (QED) is 0.430. The van der Waals surface area contributed by atoms with Crippen molar-refractivity contribution in [1.82, 2.24) is 5.32 Å². The highest BCUT2D eigenvalue weighted by Gasteiger charge is 2.29. The molecule has 172 valence electrons. The van der Waals surface area contributed by atoms with E-state index >= 15 is 0 Å². The smallest absolute Gasteiger partial charge is 0.422 e. The van der Waals surface area contributed by atoms with E-state index in [1.54, 1.807) is 13.8 Å². The van der Waals surface area contributed by atoms with Crippen molar-refractivity contribution in [3.05, 3.63) is 63.2 Å².